The van der Waals surface area contributed by atoms with Gasteiger partial charge in [-0.25, -0.2) is 10.4 Å². The molecule has 20 heteroatoms. The van der Waals surface area contributed by atoms with Gasteiger partial charge in [0.15, 0.2) is 0 Å². The second-order valence-corrected chi connectivity index (χ2v) is 20.2. The summed E-state index contributed by atoms with van der Waals surface area (Å²) in [6, 6.07) is 7.35. The van der Waals surface area contributed by atoms with Gasteiger partial charge in [-0.3, -0.25) is 24.4 Å². The first-order valence-electron chi connectivity index (χ1n) is 22.6. The number of carbonyl (C=O) groups excluding carboxylic acids is 3. The summed E-state index contributed by atoms with van der Waals surface area (Å²) >= 11 is 1.51. The Morgan fingerprint density at radius 3 is 2.45 bits per heavy atom. The second kappa shape index (κ2) is 23.1. The number of aryl methyl sites for hydroxylation is 1. The summed E-state index contributed by atoms with van der Waals surface area (Å²) in [6.07, 6.45) is 5.61. The third kappa shape index (κ3) is 11.1. The number of carbonyl (C=O) groups is 3. The Hall–Kier alpha value is -2.66. The summed E-state index contributed by atoms with van der Waals surface area (Å²) in [5.74, 6) is -0.418. The molecule has 4 aliphatic heterocycles. The van der Waals surface area contributed by atoms with E-state index in [1.165, 1.54) is 16.3 Å². The van der Waals surface area contributed by atoms with Crippen LogP contribution in [0.3, 0.4) is 0 Å². The third-order valence-corrected chi connectivity index (χ3v) is 15.2. The predicted molar refractivity (Wildman–Crippen MR) is 294 cm³/mol. The molecule has 3 saturated heterocycles. The van der Waals surface area contributed by atoms with Crippen molar-refractivity contribution in [2.24, 2.45) is 16.7 Å². The van der Waals surface area contributed by atoms with Crippen molar-refractivity contribution >= 4 is 113 Å². The minimum Gasteiger partial charge on any atom is -0.464 e. The van der Waals surface area contributed by atoms with E-state index in [9.17, 15) is 14.4 Å². The van der Waals surface area contributed by atoms with E-state index < -0.39 is 22.9 Å². The number of pyridine rings is 1. The molecule has 0 unspecified atom stereocenters. The van der Waals surface area contributed by atoms with Crippen LogP contribution in [0.15, 0.2) is 35.8 Å². The molecule has 6 bridgehead atoms. The zero-order valence-corrected chi connectivity index (χ0v) is 45.8. The van der Waals surface area contributed by atoms with Gasteiger partial charge in [-0.05, 0) is 89.7 Å². The van der Waals surface area contributed by atoms with Gasteiger partial charge in [0, 0.05) is 98.7 Å². The normalized spacial score (nSPS) is 24.5. The molecule has 5 aliphatic rings. The van der Waals surface area contributed by atoms with Gasteiger partial charge in [0.1, 0.15) is 12.1 Å². The van der Waals surface area contributed by atoms with E-state index in [1.54, 1.807) is 7.11 Å². The number of likely N-dealkylation sites (N-methyl/N-ethyl adjacent to an activating group) is 1. The summed E-state index contributed by atoms with van der Waals surface area (Å²) in [5, 5.41) is 8.68. The molecule has 4 fully saturated rings. The smallest absolute Gasteiger partial charge is 0.324 e. The van der Waals surface area contributed by atoms with Crippen LogP contribution in [-0.2, 0) is 43.2 Å². The number of piperazine rings is 1. The highest BCUT2D eigenvalue weighted by Crippen LogP contribution is 2.52. The van der Waals surface area contributed by atoms with E-state index >= 15 is 0 Å². The Labute approximate surface area is 435 Å². The van der Waals surface area contributed by atoms with E-state index in [2.05, 4.69) is 101 Å². The van der Waals surface area contributed by atoms with Crippen molar-refractivity contribution in [2.75, 3.05) is 78.5 Å². The fourth-order valence-electron chi connectivity index (χ4n) is 10.6. The van der Waals surface area contributed by atoms with Gasteiger partial charge in [0.25, 0.3) is 5.91 Å². The summed E-state index contributed by atoms with van der Waals surface area (Å²) in [5.41, 5.74) is 10.4. The molecule has 5 atom stereocenters. The molecule has 0 radical (unpaired) electrons. The number of esters is 1. The van der Waals surface area contributed by atoms with Crippen LogP contribution in [0.5, 0.6) is 0 Å². The molecule has 1 saturated carbocycles. The van der Waals surface area contributed by atoms with Gasteiger partial charge in [-0.2, -0.15) is 67.5 Å². The number of nitrogens with one attached hydrogen (secondary N) is 2. The summed E-state index contributed by atoms with van der Waals surface area (Å²) in [4.78, 5) is 59.9. The number of cyclic esters (lactones) is 1. The minimum absolute atomic E-state index is 0. The lowest BCUT2D eigenvalue weighted by molar-refractivity contribution is -0.156. The van der Waals surface area contributed by atoms with Crippen molar-refractivity contribution in [1.29, 1.82) is 0 Å². The first-order chi connectivity index (χ1) is 29.8. The molecule has 4 aromatic rings. The van der Waals surface area contributed by atoms with Gasteiger partial charge in [-0.1, -0.05) is 19.9 Å². The summed E-state index contributed by atoms with van der Waals surface area (Å²) in [7, 11) is 5.96. The summed E-state index contributed by atoms with van der Waals surface area (Å²) < 4.78 is 14.6. The molecule has 67 heavy (non-hydrogen) atoms. The monoisotopic (exact) mass is 1040 g/mol. The number of amides is 2. The van der Waals surface area contributed by atoms with Gasteiger partial charge in [0.05, 0.1) is 52.1 Å². The number of hydrogen-bond donors (Lipinski definition) is 2. The molecular weight excluding hydrogens is 963 g/mol. The van der Waals surface area contributed by atoms with E-state index in [0.717, 1.165) is 107 Å². The number of fused-ring (bicyclic) bond motifs is 7. The Balaban J connectivity index is 0.00000196. The molecule has 0 spiro atoms. The average molecular weight is 1040 g/mol. The number of likely N-dealkylation sites (tertiary alicyclic amines) is 1. The first-order valence-corrected chi connectivity index (χ1v) is 23.5. The molecule has 1 aliphatic carbocycles. The number of hydrazine groups is 1. The van der Waals surface area contributed by atoms with Crippen molar-refractivity contribution in [3.63, 3.8) is 0 Å². The first kappa shape index (κ1) is 56.9. The summed E-state index contributed by atoms with van der Waals surface area (Å²) in [6.45, 7) is 15.3. The zero-order valence-electron chi connectivity index (χ0n) is 40.0. The highest BCUT2D eigenvalue weighted by molar-refractivity contribution is 7.60. The molecular formula is C47H73N9O5S6. The largest absolute Gasteiger partial charge is 0.464 e. The number of thiazole rings is 1. The number of ether oxygens (including phenoxy) is 2. The van der Waals surface area contributed by atoms with Crippen LogP contribution in [0.25, 0.3) is 33.4 Å². The van der Waals surface area contributed by atoms with Gasteiger partial charge >= 0.3 is 5.97 Å². The van der Waals surface area contributed by atoms with Crippen molar-refractivity contribution in [2.45, 2.75) is 91.0 Å². The Morgan fingerprint density at radius 1 is 1.03 bits per heavy atom. The predicted octanol–water partition coefficient (Wildman–Crippen LogP) is 5.86. The van der Waals surface area contributed by atoms with Crippen molar-refractivity contribution in [1.82, 2.24) is 40.1 Å². The van der Waals surface area contributed by atoms with E-state index in [4.69, 9.17) is 19.4 Å². The number of methoxy groups -OCH3 is 1. The quantitative estimate of drug-likeness (QED) is 0.216. The van der Waals surface area contributed by atoms with E-state index in [1.807, 2.05) is 6.20 Å². The Kier molecular flexibility index (Phi) is 19.6. The second-order valence-electron chi connectivity index (χ2n) is 19.3. The molecule has 1 aromatic carbocycles. The SMILES string of the molecule is CCn1c(-c2cc(N3CCN(C)CC3)cnc2[C@H](C)OC)c2c3cc(ccc31)-c1csc(n1)C[C@H](NC(=O)[C@@]13CC[C@@H]1CN(C)C3)C(=O)N1CCC[C@H](N1)C(=O)OCC(C)(C)C2.S.S.S.S.S. The van der Waals surface area contributed by atoms with E-state index in [-0.39, 0.29) is 104 Å². The number of nitrogens with zero attached hydrogens (tertiary/aromatic N) is 7. The number of rotatable bonds is 7. The maximum Gasteiger partial charge on any atom is 0.324 e. The molecule has 372 valence electrons. The van der Waals surface area contributed by atoms with Crippen LogP contribution >= 0.6 is 78.8 Å². The number of anilines is 1. The van der Waals surface area contributed by atoms with Crippen LogP contribution in [0, 0.1) is 16.7 Å². The minimum atomic E-state index is -0.850. The maximum atomic E-state index is 14.5. The van der Waals surface area contributed by atoms with Crippen LogP contribution in [-0.4, -0.2) is 133 Å². The third-order valence-electron chi connectivity index (χ3n) is 14.3. The Bertz CT molecular complexity index is 2370. The van der Waals surface area contributed by atoms with Crippen molar-refractivity contribution in [3.05, 3.63) is 52.1 Å². The number of hydrogen-bond acceptors (Lipinski definition) is 12. The Morgan fingerprint density at radius 2 is 1.78 bits per heavy atom. The molecule has 3 aromatic heterocycles. The van der Waals surface area contributed by atoms with Crippen molar-refractivity contribution < 1.29 is 23.9 Å². The van der Waals surface area contributed by atoms with Crippen LogP contribution < -0.4 is 15.6 Å². The lowest BCUT2D eigenvalue weighted by Gasteiger charge is -2.43. The highest BCUT2D eigenvalue weighted by Gasteiger charge is 2.57. The zero-order chi connectivity index (χ0) is 43.5. The van der Waals surface area contributed by atoms with Crippen LogP contribution in [0.2, 0.25) is 0 Å². The van der Waals surface area contributed by atoms with Crippen LogP contribution in [0.1, 0.15) is 75.7 Å². The highest BCUT2D eigenvalue weighted by atomic mass is 32.1. The van der Waals surface area contributed by atoms with E-state index in [0.29, 0.717) is 38.3 Å². The van der Waals surface area contributed by atoms with Crippen LogP contribution in [0.4, 0.5) is 5.69 Å². The average Bonchev–Trinajstić information content (AvgIpc) is 3.93. The van der Waals surface area contributed by atoms with Gasteiger partial charge in [-0.15, -0.1) is 11.3 Å². The molecule has 7 heterocycles. The maximum absolute atomic E-state index is 14.5. The fraction of sp³-hybridized carbons (Fsp3) is 0.596. The van der Waals surface area contributed by atoms with Crippen molar-refractivity contribution in [3.8, 4) is 22.5 Å². The lowest BCUT2D eigenvalue weighted by Crippen LogP contribution is -2.62. The fourth-order valence-corrected chi connectivity index (χ4v) is 11.5. The topological polar surface area (TPSA) is 137 Å². The number of benzene rings is 1. The lowest BCUT2D eigenvalue weighted by atomic mass is 9.61. The standard InChI is InChI=1S/C47H63N9O5S.5H2S/c1-8-55-39-12-11-30-20-33(39)35(42(55)34-21-32(24-48-41(34)29(2)60-7)54-18-16-52(5)17-19-54)23-46(3,4)28-61-44(58)36-10-9-15-56(51-36)43(57)37(22-40-49-38(30)26-62-40)50-45(59)47-14-13-31(47)25-53(6)27-47;;;;;/h11-12,20-21,24,26,29,31,36-37,51H,8-10,13-19,22-23,25,27-28H2,1-7H3,(H,50,59);5*1H2/t29-,31+,36-,37-,47+;;;;;/m0...../s1. The molecule has 2 N–H and O–H groups in total. The molecule has 9 rings (SSSR count). The number of aromatic nitrogens is 3. The molecule has 14 nitrogen and oxygen atoms in total. The van der Waals surface area contributed by atoms with Gasteiger partial charge < -0.3 is 34.1 Å². The van der Waals surface area contributed by atoms with Gasteiger partial charge in [0.2, 0.25) is 5.91 Å². The molecule has 2 amide bonds.